The van der Waals surface area contributed by atoms with Crippen molar-refractivity contribution in [2.45, 2.75) is 12.3 Å². The van der Waals surface area contributed by atoms with Gasteiger partial charge in [-0.25, -0.2) is 4.39 Å². The number of rotatable bonds is 3. The predicted molar refractivity (Wildman–Crippen MR) is 46.8 cm³/mol. The molecule has 6 heteroatoms. The molecule has 1 atom stereocenters. The largest absolute Gasteiger partial charge is 0.411 e. The van der Waals surface area contributed by atoms with Crippen LogP contribution >= 0.6 is 0 Å². The molecule has 1 aromatic carbocycles. The Balaban J connectivity index is 2.69. The fraction of sp³-hybridized carbons (Fsp3) is 0.300. The average Bonchev–Trinajstić information content (AvgIpc) is 2.20. The lowest BCUT2D eigenvalue weighted by Gasteiger charge is -2.12. The fourth-order valence-electron chi connectivity index (χ4n) is 1.02. The van der Waals surface area contributed by atoms with Crippen molar-refractivity contribution in [3.63, 3.8) is 0 Å². The first-order valence-corrected chi connectivity index (χ1v) is 4.26. The molecular weight excluding hydrogens is 226 g/mol. The third kappa shape index (κ3) is 3.87. The molecule has 0 aromatic heterocycles. The van der Waals surface area contributed by atoms with Gasteiger partial charge in [0, 0.05) is 0 Å². The summed E-state index contributed by atoms with van der Waals surface area (Å²) in [5.41, 5.74) is 0.188. The molecule has 1 rings (SSSR count). The number of nitrogens with zero attached hydrogens (tertiary/aromatic N) is 1. The SMILES string of the molecule is N#CC(OCC(F)(F)F)c1ccc(F)cc1. The van der Waals surface area contributed by atoms with Gasteiger partial charge in [0.05, 0.1) is 6.07 Å². The summed E-state index contributed by atoms with van der Waals surface area (Å²) in [6.07, 6.45) is -5.84. The normalized spacial score (nSPS) is 13.2. The van der Waals surface area contributed by atoms with E-state index in [1.807, 2.05) is 0 Å². The van der Waals surface area contributed by atoms with Gasteiger partial charge < -0.3 is 4.74 Å². The maximum Gasteiger partial charge on any atom is 0.411 e. The van der Waals surface area contributed by atoms with Crippen LogP contribution in [0.5, 0.6) is 0 Å². The first-order valence-electron chi connectivity index (χ1n) is 4.26. The topological polar surface area (TPSA) is 33.0 Å². The van der Waals surface area contributed by atoms with Crippen LogP contribution in [0.2, 0.25) is 0 Å². The minimum atomic E-state index is -4.49. The highest BCUT2D eigenvalue weighted by molar-refractivity contribution is 5.22. The molecule has 0 aliphatic heterocycles. The summed E-state index contributed by atoms with van der Waals surface area (Å²) < 4.78 is 52.4. The Morgan fingerprint density at radius 3 is 2.25 bits per heavy atom. The van der Waals surface area contributed by atoms with Crippen LogP contribution in [0.3, 0.4) is 0 Å². The third-order valence-corrected chi connectivity index (χ3v) is 1.70. The molecule has 0 bridgehead atoms. The molecule has 0 heterocycles. The standard InChI is InChI=1S/C10H7F4NO/c11-8-3-1-7(2-4-8)9(5-15)16-6-10(12,13)14/h1-4,9H,6H2. The van der Waals surface area contributed by atoms with E-state index in [-0.39, 0.29) is 5.56 Å². The van der Waals surface area contributed by atoms with Gasteiger partial charge in [0.2, 0.25) is 0 Å². The second-order valence-electron chi connectivity index (χ2n) is 2.99. The fourth-order valence-corrected chi connectivity index (χ4v) is 1.02. The number of halogens is 4. The average molecular weight is 233 g/mol. The number of hydrogen-bond donors (Lipinski definition) is 0. The van der Waals surface area contributed by atoms with Crippen LogP contribution in [0.4, 0.5) is 17.6 Å². The Hall–Kier alpha value is -1.61. The monoisotopic (exact) mass is 233 g/mol. The molecule has 0 saturated carbocycles. The van der Waals surface area contributed by atoms with E-state index in [1.165, 1.54) is 12.1 Å². The Morgan fingerprint density at radius 1 is 1.25 bits per heavy atom. The molecule has 2 nitrogen and oxygen atoms in total. The lowest BCUT2D eigenvalue weighted by molar-refractivity contribution is -0.180. The van der Waals surface area contributed by atoms with Gasteiger partial charge in [-0.2, -0.15) is 18.4 Å². The number of nitriles is 1. The van der Waals surface area contributed by atoms with Crippen molar-refractivity contribution in [2.75, 3.05) is 6.61 Å². The van der Waals surface area contributed by atoms with Gasteiger partial charge in [-0.1, -0.05) is 12.1 Å². The van der Waals surface area contributed by atoms with Gasteiger partial charge in [-0.15, -0.1) is 0 Å². The molecule has 16 heavy (non-hydrogen) atoms. The number of alkyl halides is 3. The van der Waals surface area contributed by atoms with Crippen LogP contribution in [-0.2, 0) is 4.74 Å². The van der Waals surface area contributed by atoms with Gasteiger partial charge in [0.1, 0.15) is 12.4 Å². The highest BCUT2D eigenvalue weighted by Gasteiger charge is 2.29. The molecule has 86 valence electrons. The summed E-state index contributed by atoms with van der Waals surface area (Å²) in [5, 5.41) is 8.61. The summed E-state index contributed by atoms with van der Waals surface area (Å²) in [6, 6.07) is 6.09. The van der Waals surface area contributed by atoms with E-state index in [0.29, 0.717) is 0 Å². The third-order valence-electron chi connectivity index (χ3n) is 1.70. The second-order valence-corrected chi connectivity index (χ2v) is 2.99. The molecule has 0 radical (unpaired) electrons. The lowest BCUT2D eigenvalue weighted by atomic mass is 10.1. The van der Waals surface area contributed by atoms with Crippen LogP contribution in [0, 0.1) is 17.1 Å². The highest BCUT2D eigenvalue weighted by Crippen LogP contribution is 2.22. The summed E-state index contributed by atoms with van der Waals surface area (Å²) in [6.45, 7) is -1.51. The van der Waals surface area contributed by atoms with Gasteiger partial charge in [-0.3, -0.25) is 0 Å². The summed E-state index contributed by atoms with van der Waals surface area (Å²) in [7, 11) is 0. The zero-order valence-electron chi connectivity index (χ0n) is 7.96. The van der Waals surface area contributed by atoms with E-state index in [4.69, 9.17) is 5.26 Å². The van der Waals surface area contributed by atoms with E-state index < -0.39 is 24.7 Å². The van der Waals surface area contributed by atoms with Crippen molar-refractivity contribution in [3.05, 3.63) is 35.6 Å². The molecule has 0 aliphatic carbocycles. The van der Waals surface area contributed by atoms with Crippen molar-refractivity contribution in [1.82, 2.24) is 0 Å². The Labute approximate surface area is 89.1 Å². The zero-order chi connectivity index (χ0) is 12.2. The minimum absolute atomic E-state index is 0.188. The van der Waals surface area contributed by atoms with E-state index in [9.17, 15) is 17.6 Å². The van der Waals surface area contributed by atoms with E-state index in [1.54, 1.807) is 6.07 Å². The quantitative estimate of drug-likeness (QED) is 0.752. The molecule has 1 unspecified atom stereocenters. The predicted octanol–water partition coefficient (Wildman–Crippen LogP) is 2.97. The van der Waals surface area contributed by atoms with Gasteiger partial charge >= 0.3 is 6.18 Å². The molecule has 0 aliphatic rings. The van der Waals surface area contributed by atoms with Crippen molar-refractivity contribution < 1.29 is 22.3 Å². The number of benzene rings is 1. The van der Waals surface area contributed by atoms with Crippen LogP contribution in [0.15, 0.2) is 24.3 Å². The van der Waals surface area contributed by atoms with Crippen molar-refractivity contribution >= 4 is 0 Å². The molecule has 0 amide bonds. The highest BCUT2D eigenvalue weighted by atomic mass is 19.4. The van der Waals surface area contributed by atoms with Crippen molar-refractivity contribution in [2.24, 2.45) is 0 Å². The van der Waals surface area contributed by atoms with Crippen LogP contribution in [-0.4, -0.2) is 12.8 Å². The summed E-state index contributed by atoms with van der Waals surface area (Å²) in [4.78, 5) is 0. The summed E-state index contributed by atoms with van der Waals surface area (Å²) >= 11 is 0. The Kier molecular flexibility index (Phi) is 3.85. The van der Waals surface area contributed by atoms with Crippen molar-refractivity contribution in [3.8, 4) is 6.07 Å². The molecule has 1 aromatic rings. The second kappa shape index (κ2) is 4.94. The van der Waals surface area contributed by atoms with Crippen LogP contribution < -0.4 is 0 Å². The first-order chi connectivity index (χ1) is 7.42. The van der Waals surface area contributed by atoms with Gasteiger partial charge in [0.25, 0.3) is 0 Å². The van der Waals surface area contributed by atoms with Crippen LogP contribution in [0.25, 0.3) is 0 Å². The molecule has 0 spiro atoms. The Morgan fingerprint density at radius 2 is 1.81 bits per heavy atom. The maximum atomic E-state index is 12.5. The number of hydrogen-bond acceptors (Lipinski definition) is 2. The van der Waals surface area contributed by atoms with Gasteiger partial charge in [-0.05, 0) is 17.7 Å². The Bertz CT molecular complexity index is 379. The molecule has 0 N–H and O–H groups in total. The summed E-state index contributed by atoms with van der Waals surface area (Å²) in [5.74, 6) is -0.531. The smallest absolute Gasteiger partial charge is 0.349 e. The zero-order valence-corrected chi connectivity index (χ0v) is 7.96. The molecule has 0 saturated heterocycles. The first kappa shape index (κ1) is 12.5. The lowest BCUT2D eigenvalue weighted by Crippen LogP contribution is -2.18. The van der Waals surface area contributed by atoms with E-state index >= 15 is 0 Å². The van der Waals surface area contributed by atoms with Crippen LogP contribution in [0.1, 0.15) is 11.7 Å². The van der Waals surface area contributed by atoms with Crippen molar-refractivity contribution in [1.29, 1.82) is 5.26 Å². The minimum Gasteiger partial charge on any atom is -0.349 e. The maximum absolute atomic E-state index is 12.5. The molecule has 0 fully saturated rings. The number of ether oxygens (including phenoxy) is 1. The van der Waals surface area contributed by atoms with Gasteiger partial charge in [0.15, 0.2) is 6.10 Å². The molecular formula is C10H7F4NO. The van der Waals surface area contributed by atoms with E-state index in [0.717, 1.165) is 12.1 Å². The van der Waals surface area contributed by atoms with E-state index in [2.05, 4.69) is 4.74 Å².